The van der Waals surface area contributed by atoms with Crippen molar-refractivity contribution in [3.8, 4) is 0 Å². The number of hydrogen-bond acceptors (Lipinski definition) is 2. The van der Waals surface area contributed by atoms with Crippen LogP contribution in [0.5, 0.6) is 0 Å². The molecule has 1 atom stereocenters. The van der Waals surface area contributed by atoms with Crippen molar-refractivity contribution in [2.75, 3.05) is 0 Å². The van der Waals surface area contributed by atoms with Crippen molar-refractivity contribution in [3.05, 3.63) is 0 Å². The maximum absolute atomic E-state index is 3.88. The molecule has 0 aliphatic rings. The number of nitrogens with zero attached hydrogens (tertiary/aromatic N) is 2. The van der Waals surface area contributed by atoms with Gasteiger partial charge in [-0.1, -0.05) is 20.8 Å². The fourth-order valence-electron chi connectivity index (χ4n) is 0.685. The van der Waals surface area contributed by atoms with Crippen molar-refractivity contribution in [2.24, 2.45) is 22.0 Å². The first-order chi connectivity index (χ1) is 4.59. The lowest BCUT2D eigenvalue weighted by molar-refractivity contribution is 0.529. The molecule has 0 saturated carbocycles. The van der Waals surface area contributed by atoms with Gasteiger partial charge in [-0.3, -0.25) is 0 Å². The van der Waals surface area contributed by atoms with Crippen LogP contribution in [0.2, 0.25) is 0 Å². The molecule has 0 radical (unpaired) electrons. The third-order valence-electron chi connectivity index (χ3n) is 1.89. The van der Waals surface area contributed by atoms with E-state index in [2.05, 4.69) is 37.7 Å². The lowest BCUT2D eigenvalue weighted by Crippen LogP contribution is -2.13. The summed E-state index contributed by atoms with van der Waals surface area (Å²) in [6.07, 6.45) is 0. The molecule has 0 aliphatic carbocycles. The van der Waals surface area contributed by atoms with Crippen LogP contribution in [0.15, 0.2) is 10.2 Å². The highest BCUT2D eigenvalue weighted by molar-refractivity contribution is 5.84. The van der Waals surface area contributed by atoms with Crippen LogP contribution in [0.1, 0.15) is 27.7 Å². The fraction of sp³-hybridized carbons (Fsp3) is 0.750. The molecule has 0 amide bonds. The van der Waals surface area contributed by atoms with E-state index < -0.39 is 0 Å². The lowest BCUT2D eigenvalue weighted by atomic mass is 9.94. The second-order valence-corrected chi connectivity index (χ2v) is 2.92. The molecule has 0 saturated heterocycles. The third kappa shape index (κ3) is 2.76. The predicted octanol–water partition coefficient (Wildman–Crippen LogP) is 2.36. The van der Waals surface area contributed by atoms with E-state index in [1.807, 2.05) is 6.92 Å². The van der Waals surface area contributed by atoms with E-state index in [1.165, 1.54) is 0 Å². The van der Waals surface area contributed by atoms with Crippen LogP contribution >= 0.6 is 0 Å². The smallest absolute Gasteiger partial charge is 0.0405 e. The Balaban J connectivity index is 4.06. The van der Waals surface area contributed by atoms with Crippen molar-refractivity contribution < 1.29 is 0 Å². The predicted molar refractivity (Wildman–Crippen MR) is 46.7 cm³/mol. The maximum atomic E-state index is 3.88. The van der Waals surface area contributed by atoms with Crippen LogP contribution in [-0.4, -0.2) is 12.4 Å². The summed E-state index contributed by atoms with van der Waals surface area (Å²) in [6.45, 7) is 11.8. The minimum absolute atomic E-state index is 0.505. The molecule has 0 spiro atoms. The number of rotatable bonds is 3. The van der Waals surface area contributed by atoms with Crippen molar-refractivity contribution in [3.63, 3.8) is 0 Å². The van der Waals surface area contributed by atoms with E-state index in [0.717, 1.165) is 5.71 Å². The van der Waals surface area contributed by atoms with Crippen LogP contribution in [0.3, 0.4) is 0 Å². The Morgan fingerprint density at radius 1 is 1.30 bits per heavy atom. The van der Waals surface area contributed by atoms with E-state index in [4.69, 9.17) is 0 Å². The van der Waals surface area contributed by atoms with Gasteiger partial charge < -0.3 is 0 Å². The second-order valence-electron chi connectivity index (χ2n) is 2.92. The van der Waals surface area contributed by atoms with Gasteiger partial charge in [0.1, 0.15) is 0 Å². The fourth-order valence-corrected chi connectivity index (χ4v) is 0.685. The Hall–Kier alpha value is -0.660. The average Bonchev–Trinajstić information content (AvgIpc) is 1.87. The van der Waals surface area contributed by atoms with E-state index in [-0.39, 0.29) is 0 Å². The summed E-state index contributed by atoms with van der Waals surface area (Å²) >= 11 is 0. The summed E-state index contributed by atoms with van der Waals surface area (Å²) in [5.41, 5.74) is 1.06. The van der Waals surface area contributed by atoms with E-state index in [0.29, 0.717) is 11.8 Å². The van der Waals surface area contributed by atoms with Crippen molar-refractivity contribution >= 4 is 12.4 Å². The van der Waals surface area contributed by atoms with Crippen LogP contribution in [0.25, 0.3) is 0 Å². The molecule has 0 heterocycles. The molecule has 0 aliphatic heterocycles. The van der Waals surface area contributed by atoms with Gasteiger partial charge >= 0.3 is 0 Å². The molecule has 0 aromatic carbocycles. The van der Waals surface area contributed by atoms with Crippen LogP contribution in [-0.2, 0) is 0 Å². The quantitative estimate of drug-likeness (QED) is 0.424. The summed E-state index contributed by atoms with van der Waals surface area (Å²) in [6, 6.07) is 0. The molecular weight excluding hydrogens is 124 g/mol. The Labute approximate surface area is 63.1 Å². The van der Waals surface area contributed by atoms with Gasteiger partial charge in [0.05, 0.1) is 0 Å². The Morgan fingerprint density at radius 3 is 2.10 bits per heavy atom. The molecule has 0 aromatic rings. The first-order valence-electron chi connectivity index (χ1n) is 3.59. The van der Waals surface area contributed by atoms with Gasteiger partial charge in [0.15, 0.2) is 0 Å². The molecule has 0 fully saturated rings. The monoisotopic (exact) mass is 140 g/mol. The van der Waals surface area contributed by atoms with Crippen LogP contribution in [0.4, 0.5) is 0 Å². The van der Waals surface area contributed by atoms with Gasteiger partial charge in [-0.25, -0.2) is 0 Å². The van der Waals surface area contributed by atoms with Gasteiger partial charge in [-0.2, -0.15) is 10.2 Å². The zero-order valence-corrected chi connectivity index (χ0v) is 7.26. The second kappa shape index (κ2) is 4.20. The van der Waals surface area contributed by atoms with Gasteiger partial charge in [0, 0.05) is 12.4 Å². The first-order valence-corrected chi connectivity index (χ1v) is 3.59. The van der Waals surface area contributed by atoms with E-state index in [1.54, 1.807) is 0 Å². The largest absolute Gasteiger partial charge is 0.167 e. The minimum Gasteiger partial charge on any atom is -0.167 e. The molecule has 2 nitrogen and oxygen atoms in total. The Morgan fingerprint density at radius 2 is 1.80 bits per heavy atom. The summed E-state index contributed by atoms with van der Waals surface area (Å²) in [4.78, 5) is 0. The molecule has 0 aromatic heterocycles. The normalized spacial score (nSPS) is 15.5. The standard InChI is InChI=1S/C8H16N2/c1-6(2)7(3)8(4)10-9-5/h6-7H,5H2,1-4H3/b10-8+. The van der Waals surface area contributed by atoms with E-state index >= 15 is 0 Å². The average molecular weight is 140 g/mol. The zero-order valence-electron chi connectivity index (χ0n) is 7.26. The molecule has 0 bridgehead atoms. The van der Waals surface area contributed by atoms with Gasteiger partial charge in [-0.05, 0) is 18.8 Å². The molecular formula is C8H16N2. The highest BCUT2D eigenvalue weighted by Crippen LogP contribution is 2.11. The zero-order chi connectivity index (χ0) is 8.15. The Kier molecular flexibility index (Phi) is 3.93. The lowest BCUT2D eigenvalue weighted by Gasteiger charge is -2.13. The molecule has 10 heavy (non-hydrogen) atoms. The molecule has 1 unspecified atom stereocenters. The van der Waals surface area contributed by atoms with Gasteiger partial charge in [0.2, 0.25) is 0 Å². The van der Waals surface area contributed by atoms with Crippen molar-refractivity contribution in [1.82, 2.24) is 0 Å². The van der Waals surface area contributed by atoms with Crippen LogP contribution in [0, 0.1) is 11.8 Å². The highest BCUT2D eigenvalue weighted by Gasteiger charge is 2.09. The Bertz CT molecular complexity index is 136. The SMILES string of the molecule is C=N/N=C(\C)C(C)C(C)C. The first kappa shape index (κ1) is 9.34. The van der Waals surface area contributed by atoms with E-state index in [9.17, 15) is 0 Å². The summed E-state index contributed by atoms with van der Waals surface area (Å²) < 4.78 is 0. The molecule has 0 rings (SSSR count). The molecule has 0 N–H and O–H groups in total. The minimum atomic E-state index is 0.505. The van der Waals surface area contributed by atoms with Gasteiger partial charge in [-0.15, -0.1) is 0 Å². The summed E-state index contributed by atoms with van der Waals surface area (Å²) in [5.74, 6) is 1.14. The van der Waals surface area contributed by atoms with Crippen molar-refractivity contribution in [1.29, 1.82) is 0 Å². The molecule has 2 heteroatoms. The summed E-state index contributed by atoms with van der Waals surface area (Å²) in [5, 5.41) is 7.35. The van der Waals surface area contributed by atoms with Crippen LogP contribution < -0.4 is 0 Å². The summed E-state index contributed by atoms with van der Waals surface area (Å²) in [7, 11) is 0. The topological polar surface area (TPSA) is 24.7 Å². The number of hydrogen-bond donors (Lipinski definition) is 0. The van der Waals surface area contributed by atoms with Gasteiger partial charge in [0.25, 0.3) is 0 Å². The van der Waals surface area contributed by atoms with Crippen molar-refractivity contribution in [2.45, 2.75) is 27.7 Å². The maximum Gasteiger partial charge on any atom is 0.0405 e. The highest BCUT2D eigenvalue weighted by atomic mass is 15.2. The molecule has 58 valence electrons. The third-order valence-corrected chi connectivity index (χ3v) is 1.89.